The van der Waals surface area contributed by atoms with Gasteiger partial charge in [-0.1, -0.05) is 11.6 Å². The average Bonchev–Trinajstić information content (AvgIpc) is 2.95. The van der Waals surface area contributed by atoms with Crippen molar-refractivity contribution in [1.29, 1.82) is 0 Å². The predicted octanol–water partition coefficient (Wildman–Crippen LogP) is 3.47. The second kappa shape index (κ2) is 7.49. The monoisotopic (exact) mass is 337 g/mol. The molecule has 0 radical (unpaired) electrons. The summed E-state index contributed by atoms with van der Waals surface area (Å²) in [6.07, 6.45) is 3.48. The minimum absolute atomic E-state index is 0.0137. The number of aromatic amines is 1. The lowest BCUT2D eigenvalue weighted by Gasteiger charge is -2.22. The van der Waals surface area contributed by atoms with Crippen molar-refractivity contribution in [3.63, 3.8) is 0 Å². The van der Waals surface area contributed by atoms with Gasteiger partial charge < -0.3 is 14.6 Å². The molecule has 0 aliphatic heterocycles. The molecule has 2 heterocycles. The zero-order valence-corrected chi connectivity index (χ0v) is 14.9. The Morgan fingerprint density at radius 1 is 1.20 bits per heavy atom. The highest BCUT2D eigenvalue weighted by Gasteiger charge is 2.21. The van der Waals surface area contributed by atoms with Gasteiger partial charge in [0.1, 0.15) is 5.69 Å². The number of carbonyl (C=O) groups is 1. The molecule has 1 aromatic carbocycles. The molecular weight excluding hydrogens is 314 g/mol. The third-order valence-corrected chi connectivity index (χ3v) is 4.40. The number of fused-ring (bicyclic) bond motifs is 1. The molecule has 0 aliphatic rings. The summed E-state index contributed by atoms with van der Waals surface area (Å²) < 4.78 is 5.18. The Kier molecular flexibility index (Phi) is 5.14. The van der Waals surface area contributed by atoms with Crippen LogP contribution >= 0.6 is 0 Å². The number of nitrogens with zero attached hydrogens (tertiary/aromatic N) is 2. The molecule has 2 aromatic heterocycles. The van der Waals surface area contributed by atoms with Gasteiger partial charge in [0, 0.05) is 43.5 Å². The average molecular weight is 337 g/mol. The first-order valence-corrected chi connectivity index (χ1v) is 8.36. The van der Waals surface area contributed by atoms with Crippen LogP contribution < -0.4 is 0 Å². The Bertz CT molecular complexity index is 871. The maximum Gasteiger partial charge on any atom is 0.270 e. The van der Waals surface area contributed by atoms with Crippen LogP contribution in [0, 0.1) is 13.8 Å². The second-order valence-electron chi connectivity index (χ2n) is 6.25. The van der Waals surface area contributed by atoms with Gasteiger partial charge in [-0.3, -0.25) is 9.78 Å². The summed E-state index contributed by atoms with van der Waals surface area (Å²) in [7, 11) is 1.64. The minimum Gasteiger partial charge on any atom is -0.383 e. The molecule has 1 N–H and O–H groups in total. The molecule has 0 saturated heterocycles. The fourth-order valence-corrected chi connectivity index (χ4v) is 2.97. The molecular formula is C20H23N3O2. The van der Waals surface area contributed by atoms with Gasteiger partial charge >= 0.3 is 0 Å². The Hall–Kier alpha value is -2.66. The van der Waals surface area contributed by atoms with Crippen molar-refractivity contribution in [2.24, 2.45) is 0 Å². The molecule has 5 nitrogen and oxygen atoms in total. The highest BCUT2D eigenvalue weighted by atomic mass is 16.5. The third-order valence-electron chi connectivity index (χ3n) is 4.40. The molecule has 5 heteroatoms. The highest BCUT2D eigenvalue weighted by Crippen LogP contribution is 2.24. The lowest BCUT2D eigenvalue weighted by molar-refractivity contribution is 0.0675. The number of aromatic nitrogens is 2. The standard InChI is InChI=1S/C20H23N3O2/c1-14-4-5-18-17(12-14)15(2)19(22-18)20(24)23(10-11-25-3)13-16-6-8-21-9-7-16/h4-9,12,22H,10-11,13H2,1-3H3. The van der Waals surface area contributed by atoms with Crippen LogP contribution in [0.5, 0.6) is 0 Å². The lowest BCUT2D eigenvalue weighted by atomic mass is 10.1. The van der Waals surface area contributed by atoms with Crippen LogP contribution in [-0.2, 0) is 11.3 Å². The molecule has 0 fully saturated rings. The zero-order valence-electron chi connectivity index (χ0n) is 14.9. The van der Waals surface area contributed by atoms with Crippen LogP contribution in [-0.4, -0.2) is 41.0 Å². The van der Waals surface area contributed by atoms with E-state index in [4.69, 9.17) is 4.74 Å². The van der Waals surface area contributed by atoms with Crippen molar-refractivity contribution in [2.75, 3.05) is 20.3 Å². The molecule has 0 saturated carbocycles. The first-order chi connectivity index (χ1) is 12.1. The van der Waals surface area contributed by atoms with Gasteiger partial charge in [-0.05, 0) is 49.2 Å². The number of hydrogen-bond acceptors (Lipinski definition) is 3. The van der Waals surface area contributed by atoms with Gasteiger partial charge in [-0.25, -0.2) is 0 Å². The number of nitrogens with one attached hydrogen (secondary N) is 1. The topological polar surface area (TPSA) is 58.2 Å². The smallest absolute Gasteiger partial charge is 0.270 e. The summed E-state index contributed by atoms with van der Waals surface area (Å²) in [5.41, 5.74) is 4.85. The SMILES string of the molecule is COCCN(Cc1ccncc1)C(=O)c1[nH]c2ccc(C)cc2c1C. The molecule has 0 spiro atoms. The molecule has 3 rings (SSSR count). The van der Waals surface area contributed by atoms with Crippen LogP contribution in [0.15, 0.2) is 42.7 Å². The first kappa shape index (κ1) is 17.2. The van der Waals surface area contributed by atoms with E-state index >= 15 is 0 Å². The molecule has 130 valence electrons. The molecule has 0 atom stereocenters. The number of amides is 1. The van der Waals surface area contributed by atoms with Gasteiger partial charge in [0.25, 0.3) is 5.91 Å². The maximum atomic E-state index is 13.2. The molecule has 1 amide bonds. The minimum atomic E-state index is -0.0137. The molecule has 0 unspecified atom stereocenters. The van der Waals surface area contributed by atoms with E-state index in [1.165, 1.54) is 5.56 Å². The van der Waals surface area contributed by atoms with Crippen molar-refractivity contribution in [1.82, 2.24) is 14.9 Å². The van der Waals surface area contributed by atoms with Gasteiger partial charge in [0.05, 0.1) is 6.61 Å². The van der Waals surface area contributed by atoms with Crippen molar-refractivity contribution >= 4 is 16.8 Å². The maximum absolute atomic E-state index is 13.2. The van der Waals surface area contributed by atoms with Gasteiger partial charge in [-0.15, -0.1) is 0 Å². The van der Waals surface area contributed by atoms with Crippen LogP contribution in [0.25, 0.3) is 10.9 Å². The van der Waals surface area contributed by atoms with E-state index in [-0.39, 0.29) is 5.91 Å². The largest absolute Gasteiger partial charge is 0.383 e. The highest BCUT2D eigenvalue weighted by molar-refractivity contribution is 6.01. The van der Waals surface area contributed by atoms with E-state index < -0.39 is 0 Å². The number of benzene rings is 1. The summed E-state index contributed by atoms with van der Waals surface area (Å²) in [6, 6.07) is 10.0. The molecule has 25 heavy (non-hydrogen) atoms. The van der Waals surface area contributed by atoms with E-state index in [0.717, 1.165) is 22.0 Å². The van der Waals surface area contributed by atoms with Crippen LogP contribution in [0.4, 0.5) is 0 Å². The summed E-state index contributed by atoms with van der Waals surface area (Å²) in [5.74, 6) is -0.0137. The third kappa shape index (κ3) is 3.72. The van der Waals surface area contributed by atoms with E-state index in [9.17, 15) is 4.79 Å². The Labute approximate surface area is 147 Å². The number of methoxy groups -OCH3 is 1. The lowest BCUT2D eigenvalue weighted by Crippen LogP contribution is -2.34. The number of carbonyl (C=O) groups excluding carboxylic acids is 1. The van der Waals surface area contributed by atoms with Crippen molar-refractivity contribution in [2.45, 2.75) is 20.4 Å². The van der Waals surface area contributed by atoms with Crippen molar-refractivity contribution < 1.29 is 9.53 Å². The van der Waals surface area contributed by atoms with Crippen molar-refractivity contribution in [3.05, 3.63) is 65.1 Å². The number of H-pyrrole nitrogens is 1. The van der Waals surface area contributed by atoms with Crippen molar-refractivity contribution in [3.8, 4) is 0 Å². The van der Waals surface area contributed by atoms with E-state index in [2.05, 4.69) is 23.0 Å². The summed E-state index contributed by atoms with van der Waals surface area (Å²) >= 11 is 0. The summed E-state index contributed by atoms with van der Waals surface area (Å²) in [6.45, 7) is 5.60. The normalized spacial score (nSPS) is 11.0. The number of hydrogen-bond donors (Lipinski definition) is 1. The summed E-state index contributed by atoms with van der Waals surface area (Å²) in [5, 5.41) is 1.10. The Morgan fingerprint density at radius 3 is 2.68 bits per heavy atom. The van der Waals surface area contributed by atoms with Gasteiger partial charge in [-0.2, -0.15) is 0 Å². The Morgan fingerprint density at radius 2 is 1.96 bits per heavy atom. The summed E-state index contributed by atoms with van der Waals surface area (Å²) in [4.78, 5) is 22.3. The fraction of sp³-hybridized carbons (Fsp3) is 0.300. The predicted molar refractivity (Wildman–Crippen MR) is 98.6 cm³/mol. The Balaban J connectivity index is 1.92. The second-order valence-corrected chi connectivity index (χ2v) is 6.25. The van der Waals surface area contributed by atoms with E-state index in [0.29, 0.717) is 25.4 Å². The van der Waals surface area contributed by atoms with Crippen LogP contribution in [0.3, 0.4) is 0 Å². The number of ether oxygens (including phenoxy) is 1. The zero-order chi connectivity index (χ0) is 17.8. The van der Waals surface area contributed by atoms with Gasteiger partial charge in [0.15, 0.2) is 0 Å². The van der Waals surface area contributed by atoms with E-state index in [1.807, 2.05) is 36.1 Å². The molecule has 3 aromatic rings. The quantitative estimate of drug-likeness (QED) is 0.749. The molecule has 0 bridgehead atoms. The van der Waals surface area contributed by atoms with Crippen LogP contribution in [0.1, 0.15) is 27.2 Å². The first-order valence-electron chi connectivity index (χ1n) is 8.36. The number of pyridine rings is 1. The number of rotatable bonds is 6. The fourth-order valence-electron chi connectivity index (χ4n) is 2.97. The van der Waals surface area contributed by atoms with Gasteiger partial charge in [0.2, 0.25) is 0 Å². The van der Waals surface area contributed by atoms with Crippen LogP contribution in [0.2, 0.25) is 0 Å². The molecule has 0 aliphatic carbocycles. The van der Waals surface area contributed by atoms with E-state index in [1.54, 1.807) is 19.5 Å². The number of aryl methyl sites for hydroxylation is 2.